The summed E-state index contributed by atoms with van der Waals surface area (Å²) in [6.45, 7) is 0. The van der Waals surface area contributed by atoms with Gasteiger partial charge >= 0.3 is 5.97 Å². The van der Waals surface area contributed by atoms with Gasteiger partial charge in [-0.3, -0.25) is 4.79 Å². The number of anilines is 1. The fraction of sp³-hybridized carbons (Fsp3) is 0.154. The minimum Gasteiger partial charge on any atom is -0.476 e. The van der Waals surface area contributed by atoms with Crippen molar-refractivity contribution in [3.8, 4) is 10.6 Å². The molecule has 0 aliphatic carbocycles. The predicted octanol–water partition coefficient (Wildman–Crippen LogP) is 2.39. The van der Waals surface area contributed by atoms with Crippen LogP contribution in [-0.4, -0.2) is 22.0 Å². The average molecular weight is 274 g/mol. The van der Waals surface area contributed by atoms with Crippen molar-refractivity contribution in [2.24, 2.45) is 0 Å². The van der Waals surface area contributed by atoms with Crippen molar-refractivity contribution in [1.82, 2.24) is 4.98 Å². The molecule has 0 unspecified atom stereocenters. The molecular formula is C13H10N2O3S. The molecule has 0 saturated heterocycles. The van der Waals surface area contributed by atoms with E-state index >= 15 is 0 Å². The van der Waals surface area contributed by atoms with Crippen LogP contribution in [0.4, 0.5) is 5.69 Å². The standard InChI is InChI=1S/C13H10N2O3S/c16-11-4-2-7-5-8(1-3-9(7)14-11)12-15-10(6-19-12)13(17)18/h1,3,5-6H,2,4H2,(H,14,16)(H,17,18). The maximum Gasteiger partial charge on any atom is 0.355 e. The van der Waals surface area contributed by atoms with Gasteiger partial charge in [0.2, 0.25) is 5.91 Å². The van der Waals surface area contributed by atoms with E-state index in [1.165, 1.54) is 16.7 Å². The molecule has 3 rings (SSSR count). The van der Waals surface area contributed by atoms with Crippen LogP contribution in [0, 0.1) is 0 Å². The van der Waals surface area contributed by atoms with Crippen LogP contribution in [0.5, 0.6) is 0 Å². The monoisotopic (exact) mass is 274 g/mol. The predicted molar refractivity (Wildman–Crippen MR) is 71.5 cm³/mol. The van der Waals surface area contributed by atoms with Crippen LogP contribution in [0.25, 0.3) is 10.6 Å². The SMILES string of the molecule is O=C1CCc2cc(-c3nc(C(=O)O)cs3)ccc2N1. The quantitative estimate of drug-likeness (QED) is 0.881. The van der Waals surface area contributed by atoms with Gasteiger partial charge in [0, 0.05) is 23.1 Å². The number of amides is 1. The lowest BCUT2D eigenvalue weighted by Crippen LogP contribution is -2.18. The molecule has 1 aromatic carbocycles. The number of nitrogens with one attached hydrogen (secondary N) is 1. The Kier molecular flexibility index (Phi) is 2.79. The number of aromatic nitrogens is 1. The minimum absolute atomic E-state index is 0.0302. The molecule has 96 valence electrons. The van der Waals surface area contributed by atoms with Crippen LogP contribution < -0.4 is 5.32 Å². The van der Waals surface area contributed by atoms with Crippen LogP contribution >= 0.6 is 11.3 Å². The molecule has 1 amide bonds. The fourth-order valence-electron chi connectivity index (χ4n) is 2.02. The summed E-state index contributed by atoms with van der Waals surface area (Å²) in [5.41, 5.74) is 2.83. The lowest BCUT2D eigenvalue weighted by molar-refractivity contribution is -0.116. The van der Waals surface area contributed by atoms with Gasteiger partial charge in [-0.1, -0.05) is 0 Å². The van der Waals surface area contributed by atoms with Gasteiger partial charge in [0.25, 0.3) is 0 Å². The molecule has 1 aromatic heterocycles. The minimum atomic E-state index is -1.02. The molecule has 0 saturated carbocycles. The van der Waals surface area contributed by atoms with E-state index in [4.69, 9.17) is 5.11 Å². The number of carbonyl (C=O) groups excluding carboxylic acids is 1. The molecular weight excluding hydrogens is 264 g/mol. The van der Waals surface area contributed by atoms with Gasteiger partial charge in [0.05, 0.1) is 0 Å². The molecule has 1 aliphatic rings. The van der Waals surface area contributed by atoms with E-state index in [1.807, 2.05) is 18.2 Å². The second kappa shape index (κ2) is 4.47. The van der Waals surface area contributed by atoms with Gasteiger partial charge in [-0.15, -0.1) is 11.3 Å². The molecule has 2 N–H and O–H groups in total. The Morgan fingerprint density at radius 1 is 1.37 bits per heavy atom. The Bertz CT molecular complexity index is 678. The Hall–Kier alpha value is -2.21. The maximum atomic E-state index is 11.3. The van der Waals surface area contributed by atoms with Gasteiger partial charge in [-0.05, 0) is 30.2 Å². The van der Waals surface area contributed by atoms with Crippen molar-refractivity contribution < 1.29 is 14.7 Å². The summed E-state index contributed by atoms with van der Waals surface area (Å²) in [5.74, 6) is -0.990. The third-order valence-electron chi connectivity index (χ3n) is 2.97. The first kappa shape index (κ1) is 11.9. The molecule has 0 spiro atoms. The number of thiazole rings is 1. The van der Waals surface area contributed by atoms with E-state index in [2.05, 4.69) is 10.3 Å². The van der Waals surface area contributed by atoms with Crippen molar-refractivity contribution >= 4 is 28.9 Å². The molecule has 1 aliphatic heterocycles. The normalized spacial score (nSPS) is 13.8. The molecule has 6 heteroatoms. The second-order valence-electron chi connectivity index (χ2n) is 4.26. The zero-order chi connectivity index (χ0) is 13.4. The number of nitrogens with zero attached hydrogens (tertiary/aromatic N) is 1. The number of carbonyl (C=O) groups is 2. The maximum absolute atomic E-state index is 11.3. The number of hydrogen-bond donors (Lipinski definition) is 2. The summed E-state index contributed by atoms with van der Waals surface area (Å²) in [6, 6.07) is 5.64. The Morgan fingerprint density at radius 2 is 2.21 bits per heavy atom. The molecule has 0 atom stereocenters. The van der Waals surface area contributed by atoms with Crippen LogP contribution in [0.3, 0.4) is 0 Å². The van der Waals surface area contributed by atoms with Crippen molar-refractivity contribution in [3.63, 3.8) is 0 Å². The number of rotatable bonds is 2. The number of carboxylic acids is 1. The molecule has 2 heterocycles. The van der Waals surface area contributed by atoms with Crippen LogP contribution in [-0.2, 0) is 11.2 Å². The van der Waals surface area contributed by atoms with Gasteiger partial charge in [0.1, 0.15) is 5.01 Å². The summed E-state index contributed by atoms with van der Waals surface area (Å²) in [6.07, 6.45) is 1.18. The van der Waals surface area contributed by atoms with Crippen LogP contribution in [0.1, 0.15) is 22.5 Å². The molecule has 5 nitrogen and oxygen atoms in total. The molecule has 0 fully saturated rings. The van der Waals surface area contributed by atoms with Gasteiger partial charge in [-0.2, -0.15) is 0 Å². The Labute approximate surface area is 112 Å². The van der Waals surface area contributed by atoms with Crippen molar-refractivity contribution in [2.45, 2.75) is 12.8 Å². The summed E-state index contributed by atoms with van der Waals surface area (Å²) in [4.78, 5) is 26.2. The third kappa shape index (κ3) is 2.22. The highest BCUT2D eigenvalue weighted by Crippen LogP contribution is 2.30. The van der Waals surface area contributed by atoms with Gasteiger partial charge in [-0.25, -0.2) is 9.78 Å². The van der Waals surface area contributed by atoms with Crippen molar-refractivity contribution in [3.05, 3.63) is 34.8 Å². The Morgan fingerprint density at radius 3 is 2.95 bits per heavy atom. The highest BCUT2D eigenvalue weighted by Gasteiger charge is 2.16. The summed E-state index contributed by atoms with van der Waals surface area (Å²) >= 11 is 1.30. The second-order valence-corrected chi connectivity index (χ2v) is 5.12. The highest BCUT2D eigenvalue weighted by atomic mass is 32.1. The van der Waals surface area contributed by atoms with E-state index in [0.717, 1.165) is 16.8 Å². The van der Waals surface area contributed by atoms with Crippen LogP contribution in [0.15, 0.2) is 23.6 Å². The zero-order valence-electron chi connectivity index (χ0n) is 9.84. The highest BCUT2D eigenvalue weighted by molar-refractivity contribution is 7.13. The molecule has 19 heavy (non-hydrogen) atoms. The summed E-state index contributed by atoms with van der Waals surface area (Å²) in [7, 11) is 0. The summed E-state index contributed by atoms with van der Waals surface area (Å²) in [5, 5.41) is 13.9. The number of benzene rings is 1. The number of carboxylic acid groups (broad SMARTS) is 1. The lowest BCUT2D eigenvalue weighted by atomic mass is 10.0. The van der Waals surface area contributed by atoms with Crippen molar-refractivity contribution in [1.29, 1.82) is 0 Å². The first-order valence-corrected chi connectivity index (χ1v) is 6.63. The Balaban J connectivity index is 1.97. The van der Waals surface area contributed by atoms with E-state index < -0.39 is 5.97 Å². The smallest absolute Gasteiger partial charge is 0.355 e. The summed E-state index contributed by atoms with van der Waals surface area (Å²) < 4.78 is 0. The van der Waals surface area contributed by atoms with Gasteiger partial charge in [0.15, 0.2) is 5.69 Å². The number of aromatic carboxylic acids is 1. The van der Waals surface area contributed by atoms with Gasteiger partial charge < -0.3 is 10.4 Å². The van der Waals surface area contributed by atoms with Crippen LogP contribution in [0.2, 0.25) is 0 Å². The topological polar surface area (TPSA) is 79.3 Å². The number of aryl methyl sites for hydroxylation is 1. The molecule has 0 bridgehead atoms. The first-order chi connectivity index (χ1) is 9.13. The number of fused-ring (bicyclic) bond motifs is 1. The fourth-order valence-corrected chi connectivity index (χ4v) is 2.81. The van der Waals surface area contributed by atoms with E-state index in [0.29, 0.717) is 17.8 Å². The first-order valence-electron chi connectivity index (χ1n) is 5.75. The van der Waals surface area contributed by atoms with E-state index in [-0.39, 0.29) is 11.6 Å². The van der Waals surface area contributed by atoms with E-state index in [9.17, 15) is 9.59 Å². The average Bonchev–Trinajstić information content (AvgIpc) is 2.88. The molecule has 2 aromatic rings. The zero-order valence-corrected chi connectivity index (χ0v) is 10.7. The third-order valence-corrected chi connectivity index (χ3v) is 3.86. The van der Waals surface area contributed by atoms with Crippen molar-refractivity contribution in [2.75, 3.05) is 5.32 Å². The largest absolute Gasteiger partial charge is 0.476 e. The lowest BCUT2D eigenvalue weighted by Gasteiger charge is -2.17. The molecule has 0 radical (unpaired) electrons. The van der Waals surface area contributed by atoms with E-state index in [1.54, 1.807) is 0 Å². The number of hydrogen-bond acceptors (Lipinski definition) is 4.